The summed E-state index contributed by atoms with van der Waals surface area (Å²) in [5.41, 5.74) is 3.57. The van der Waals surface area contributed by atoms with Gasteiger partial charge in [0.15, 0.2) is 0 Å². The van der Waals surface area contributed by atoms with E-state index in [0.29, 0.717) is 72.3 Å². The second-order valence-corrected chi connectivity index (χ2v) is 14.9. The van der Waals surface area contributed by atoms with Crippen LogP contribution >= 0.6 is 11.6 Å². The van der Waals surface area contributed by atoms with Gasteiger partial charge in [-0.25, -0.2) is 4.39 Å². The number of ether oxygens (including phenoxy) is 1. The van der Waals surface area contributed by atoms with Crippen LogP contribution in [0.2, 0.25) is 5.02 Å². The summed E-state index contributed by atoms with van der Waals surface area (Å²) in [4.78, 5) is 57.9. The SMILES string of the molecule is COc1cc(-c2cn(C)c(=O)c3cnccc23)cc(Cl)c1CC1CCN(CC(=O)C2CCN(c3ccc(NC4CCC(=O)NC4=O)cc3F)CC2)CC1. The molecule has 2 amide bonds. The Morgan fingerprint density at radius 3 is 2.51 bits per heavy atom. The molecule has 1 unspecified atom stereocenters. The van der Waals surface area contributed by atoms with Crippen LogP contribution in [0.1, 0.15) is 44.1 Å². The molecule has 2 N–H and O–H groups in total. The van der Waals surface area contributed by atoms with Gasteiger partial charge in [-0.3, -0.25) is 34.4 Å². The van der Waals surface area contributed by atoms with Crippen LogP contribution in [-0.4, -0.2) is 77.9 Å². The number of imide groups is 1. The zero-order chi connectivity index (χ0) is 37.2. The third kappa shape index (κ3) is 7.94. The van der Waals surface area contributed by atoms with Crippen molar-refractivity contribution in [2.75, 3.05) is 50.1 Å². The molecule has 0 saturated carbocycles. The minimum Gasteiger partial charge on any atom is -0.496 e. The van der Waals surface area contributed by atoms with E-state index in [2.05, 4.69) is 20.5 Å². The van der Waals surface area contributed by atoms with Gasteiger partial charge < -0.3 is 19.5 Å². The molecule has 0 radical (unpaired) electrons. The quantitative estimate of drug-likeness (QED) is 0.207. The first-order valence-electron chi connectivity index (χ1n) is 18.3. The Kier molecular flexibility index (Phi) is 10.8. The number of methoxy groups -OCH3 is 1. The number of hydrogen-bond acceptors (Lipinski definition) is 9. The van der Waals surface area contributed by atoms with Gasteiger partial charge in [0.05, 0.1) is 24.7 Å². The van der Waals surface area contributed by atoms with Crippen molar-refractivity contribution in [1.29, 1.82) is 0 Å². The number of nitrogens with zero attached hydrogens (tertiary/aromatic N) is 4. The number of aromatic nitrogens is 2. The second kappa shape index (κ2) is 15.7. The highest BCUT2D eigenvalue weighted by molar-refractivity contribution is 6.32. The zero-order valence-corrected chi connectivity index (χ0v) is 30.8. The van der Waals surface area contributed by atoms with Crippen molar-refractivity contribution < 1.29 is 23.5 Å². The molecule has 2 aromatic carbocycles. The van der Waals surface area contributed by atoms with Crippen molar-refractivity contribution >= 4 is 51.3 Å². The fourth-order valence-corrected chi connectivity index (χ4v) is 8.29. The molecule has 2 aromatic heterocycles. The van der Waals surface area contributed by atoms with Crippen LogP contribution in [-0.2, 0) is 27.9 Å². The van der Waals surface area contributed by atoms with E-state index in [1.54, 1.807) is 43.3 Å². The minimum absolute atomic E-state index is 0.0532. The predicted molar refractivity (Wildman–Crippen MR) is 203 cm³/mol. The van der Waals surface area contributed by atoms with Crippen LogP contribution in [0.5, 0.6) is 5.75 Å². The van der Waals surface area contributed by atoms with Crippen molar-refractivity contribution in [3.63, 3.8) is 0 Å². The number of fused-ring (bicyclic) bond motifs is 1. The van der Waals surface area contributed by atoms with Gasteiger partial charge in [-0.05, 0) is 105 Å². The maximum atomic E-state index is 15.2. The van der Waals surface area contributed by atoms with Crippen LogP contribution < -0.4 is 25.8 Å². The van der Waals surface area contributed by atoms with Crippen molar-refractivity contribution in [2.24, 2.45) is 18.9 Å². The number of ketones is 1. The molecule has 7 rings (SSSR count). The number of aryl methyl sites for hydroxylation is 1. The number of anilines is 2. The number of carbonyl (C=O) groups is 3. The van der Waals surface area contributed by atoms with Crippen molar-refractivity contribution in [3.05, 3.63) is 81.7 Å². The summed E-state index contributed by atoms with van der Waals surface area (Å²) in [6, 6.07) is 10.0. The van der Waals surface area contributed by atoms with E-state index in [1.807, 2.05) is 29.3 Å². The molecule has 0 aliphatic carbocycles. The average molecular weight is 743 g/mol. The Morgan fingerprint density at radius 1 is 1.02 bits per heavy atom. The average Bonchev–Trinajstić information content (AvgIpc) is 3.16. The number of amides is 2. The highest BCUT2D eigenvalue weighted by Gasteiger charge is 2.30. The van der Waals surface area contributed by atoms with E-state index in [9.17, 15) is 19.2 Å². The molecule has 5 heterocycles. The number of Topliss-reactive ketones (excluding diaryl/α,β-unsaturated/α-hetero) is 1. The third-order valence-electron chi connectivity index (χ3n) is 11.1. The maximum absolute atomic E-state index is 15.2. The number of likely N-dealkylation sites (tertiary alicyclic amines) is 1. The molecule has 11 nitrogen and oxygen atoms in total. The molecular formula is C40H44ClFN6O5. The molecule has 278 valence electrons. The first-order chi connectivity index (χ1) is 25.6. The first-order valence-corrected chi connectivity index (χ1v) is 18.7. The predicted octanol–water partition coefficient (Wildman–Crippen LogP) is 5.36. The van der Waals surface area contributed by atoms with Gasteiger partial charge in [-0.15, -0.1) is 0 Å². The Hall–Kier alpha value is -4.81. The number of halogens is 2. The summed E-state index contributed by atoms with van der Waals surface area (Å²) in [7, 11) is 3.38. The molecule has 3 aliphatic rings. The van der Waals surface area contributed by atoms with Gasteiger partial charge >= 0.3 is 0 Å². The van der Waals surface area contributed by atoms with Crippen LogP contribution in [0.4, 0.5) is 15.8 Å². The van der Waals surface area contributed by atoms with Crippen LogP contribution in [0.15, 0.2) is 59.8 Å². The van der Waals surface area contributed by atoms with Gasteiger partial charge in [-0.2, -0.15) is 0 Å². The Balaban J connectivity index is 0.903. The first kappa shape index (κ1) is 36.5. The van der Waals surface area contributed by atoms with E-state index in [-0.39, 0.29) is 35.4 Å². The monoisotopic (exact) mass is 742 g/mol. The Labute approximate surface area is 312 Å². The topological polar surface area (TPSA) is 126 Å². The number of nitrogens with one attached hydrogen (secondary N) is 2. The molecule has 13 heteroatoms. The van der Waals surface area contributed by atoms with Crippen molar-refractivity contribution in [2.45, 2.75) is 51.0 Å². The molecule has 1 atom stereocenters. The number of hydrogen-bond donors (Lipinski definition) is 2. The number of benzene rings is 2. The minimum atomic E-state index is -0.578. The molecule has 53 heavy (non-hydrogen) atoms. The summed E-state index contributed by atoms with van der Waals surface area (Å²) >= 11 is 6.93. The number of carbonyl (C=O) groups excluding carboxylic acids is 3. The summed E-state index contributed by atoms with van der Waals surface area (Å²) in [6.07, 6.45) is 9.70. The van der Waals surface area contributed by atoms with Crippen molar-refractivity contribution in [3.8, 4) is 16.9 Å². The lowest BCUT2D eigenvalue weighted by atomic mass is 9.88. The summed E-state index contributed by atoms with van der Waals surface area (Å²) < 4.78 is 22.6. The molecule has 0 spiro atoms. The van der Waals surface area contributed by atoms with E-state index in [0.717, 1.165) is 54.4 Å². The maximum Gasteiger partial charge on any atom is 0.259 e. The highest BCUT2D eigenvalue weighted by Crippen LogP contribution is 2.38. The summed E-state index contributed by atoms with van der Waals surface area (Å²) in [5.74, 6) is 0.217. The summed E-state index contributed by atoms with van der Waals surface area (Å²) in [6.45, 7) is 3.26. The molecule has 3 saturated heterocycles. The van der Waals surface area contributed by atoms with E-state index >= 15 is 4.39 Å². The molecule has 3 aliphatic heterocycles. The van der Waals surface area contributed by atoms with Gasteiger partial charge in [-0.1, -0.05) is 11.6 Å². The van der Waals surface area contributed by atoms with Gasteiger partial charge in [0.1, 0.15) is 23.4 Å². The van der Waals surface area contributed by atoms with Crippen LogP contribution in [0.25, 0.3) is 21.9 Å². The van der Waals surface area contributed by atoms with E-state index in [1.165, 1.54) is 6.07 Å². The number of rotatable bonds is 10. The Bertz CT molecular complexity index is 2110. The van der Waals surface area contributed by atoms with E-state index in [4.69, 9.17) is 16.3 Å². The van der Waals surface area contributed by atoms with E-state index < -0.39 is 11.9 Å². The fourth-order valence-electron chi connectivity index (χ4n) is 8.00. The lowest BCUT2D eigenvalue weighted by molar-refractivity contribution is -0.133. The number of piperidine rings is 3. The lowest BCUT2D eigenvalue weighted by Crippen LogP contribution is -2.47. The van der Waals surface area contributed by atoms with Gasteiger partial charge in [0.25, 0.3) is 5.56 Å². The second-order valence-electron chi connectivity index (χ2n) is 14.5. The normalized spacial score (nSPS) is 19.0. The fraction of sp³-hybridized carbons (Fsp3) is 0.425. The van der Waals surface area contributed by atoms with Crippen LogP contribution in [0.3, 0.4) is 0 Å². The molecular weight excluding hydrogens is 699 g/mol. The zero-order valence-electron chi connectivity index (χ0n) is 30.0. The molecule has 3 fully saturated rings. The van der Waals surface area contributed by atoms with Crippen LogP contribution in [0, 0.1) is 17.7 Å². The Morgan fingerprint density at radius 2 is 1.79 bits per heavy atom. The highest BCUT2D eigenvalue weighted by atomic mass is 35.5. The number of pyridine rings is 2. The largest absolute Gasteiger partial charge is 0.496 e. The van der Waals surface area contributed by atoms with Crippen molar-refractivity contribution in [1.82, 2.24) is 19.8 Å². The smallest absolute Gasteiger partial charge is 0.259 e. The summed E-state index contributed by atoms with van der Waals surface area (Å²) in [5, 5.41) is 7.31. The van der Waals surface area contributed by atoms with Gasteiger partial charge in [0, 0.05) is 72.9 Å². The standard InChI is InChI=1S/C40H44ClFN6O5/c1-46-22-31(28-7-12-43-21-30(28)40(46)52)26-18-32(41)29(37(19-26)53-2)17-24-8-13-47(14-9-24)23-36(49)25-10-15-48(16-11-25)35-5-3-27(20-33(35)42)44-34-4-6-38(50)45-39(34)51/h3,5,7,12,18-22,24-25,34,44H,4,6,8-11,13-17,23H2,1-2H3,(H,45,50,51). The van der Waals surface area contributed by atoms with Gasteiger partial charge in [0.2, 0.25) is 11.8 Å². The lowest BCUT2D eigenvalue weighted by Gasteiger charge is -2.35. The third-order valence-corrected chi connectivity index (χ3v) is 11.4. The molecule has 4 aromatic rings. The molecule has 0 bridgehead atoms.